The molecule has 0 radical (unpaired) electrons. The van der Waals surface area contributed by atoms with Crippen LogP contribution in [0, 0.1) is 6.92 Å². The van der Waals surface area contributed by atoms with Crippen molar-refractivity contribution in [2.45, 2.75) is 6.92 Å². The number of hydrogen-bond donors (Lipinski definition) is 2. The van der Waals surface area contributed by atoms with E-state index in [1.165, 1.54) is 0 Å². The van der Waals surface area contributed by atoms with E-state index in [9.17, 15) is 4.79 Å². The number of carbonyl (C=O) groups is 1. The Labute approximate surface area is 98.7 Å². The van der Waals surface area contributed by atoms with Gasteiger partial charge in [0.05, 0.1) is 17.4 Å². The molecule has 0 aliphatic carbocycles. The minimum absolute atomic E-state index is 0.291. The molecule has 88 valence electrons. The van der Waals surface area contributed by atoms with Gasteiger partial charge in [-0.15, -0.1) is 0 Å². The van der Waals surface area contributed by atoms with E-state index in [0.717, 1.165) is 16.9 Å². The highest BCUT2D eigenvalue weighted by Crippen LogP contribution is 2.21. The van der Waals surface area contributed by atoms with E-state index in [4.69, 9.17) is 5.11 Å². The molecule has 1 aromatic carbocycles. The Hall–Kier alpha value is -2.30. The minimum atomic E-state index is -0.916. The van der Waals surface area contributed by atoms with Gasteiger partial charge in [-0.05, 0) is 30.7 Å². The number of aromatic nitrogens is 2. The summed E-state index contributed by atoms with van der Waals surface area (Å²) in [6.07, 6.45) is 3.56. The molecule has 0 bridgehead atoms. The largest absolute Gasteiger partial charge is 0.478 e. The summed E-state index contributed by atoms with van der Waals surface area (Å²) in [5.74, 6) is -0.916. The Bertz CT molecular complexity index is 561. The molecule has 0 saturated heterocycles. The van der Waals surface area contributed by atoms with Gasteiger partial charge in [-0.2, -0.15) is 5.10 Å². The van der Waals surface area contributed by atoms with Gasteiger partial charge in [-0.1, -0.05) is 0 Å². The number of nitrogens with zero attached hydrogens (tertiary/aromatic N) is 2. The first-order valence-corrected chi connectivity index (χ1v) is 5.16. The average molecular weight is 231 g/mol. The first-order chi connectivity index (χ1) is 8.06. The highest BCUT2D eigenvalue weighted by molar-refractivity contribution is 5.88. The highest BCUT2D eigenvalue weighted by Gasteiger charge is 2.06. The van der Waals surface area contributed by atoms with Crippen molar-refractivity contribution < 1.29 is 9.90 Å². The molecule has 1 aromatic heterocycles. The van der Waals surface area contributed by atoms with Crippen LogP contribution in [0.4, 0.5) is 11.4 Å². The minimum Gasteiger partial charge on any atom is -0.478 e. The Balaban J connectivity index is 2.25. The quantitative estimate of drug-likeness (QED) is 0.849. The molecule has 0 atom stereocenters. The second-order valence-electron chi connectivity index (χ2n) is 3.86. The first-order valence-electron chi connectivity index (χ1n) is 5.16. The molecule has 0 aliphatic rings. The summed E-state index contributed by atoms with van der Waals surface area (Å²) >= 11 is 0. The molecule has 0 unspecified atom stereocenters. The van der Waals surface area contributed by atoms with E-state index in [2.05, 4.69) is 10.4 Å². The maximum absolute atomic E-state index is 10.8. The Morgan fingerprint density at radius 1 is 1.47 bits per heavy atom. The number of carboxylic acid groups (broad SMARTS) is 1. The topological polar surface area (TPSA) is 67.2 Å². The van der Waals surface area contributed by atoms with Crippen LogP contribution in [0.3, 0.4) is 0 Å². The molecule has 0 spiro atoms. The zero-order valence-corrected chi connectivity index (χ0v) is 9.64. The SMILES string of the molecule is Cc1cc(C(=O)O)ccc1Nc1cnn(C)c1. The normalized spacial score (nSPS) is 10.2. The number of anilines is 2. The monoisotopic (exact) mass is 231 g/mol. The highest BCUT2D eigenvalue weighted by atomic mass is 16.4. The summed E-state index contributed by atoms with van der Waals surface area (Å²) in [5.41, 5.74) is 2.93. The molecule has 5 nitrogen and oxygen atoms in total. The standard InChI is InChI=1S/C12H13N3O2/c1-8-5-9(12(16)17)3-4-11(8)14-10-6-13-15(2)7-10/h3-7,14H,1-2H3,(H,16,17). The fraction of sp³-hybridized carbons (Fsp3) is 0.167. The van der Waals surface area contributed by atoms with Crippen molar-refractivity contribution in [2.24, 2.45) is 7.05 Å². The van der Waals surface area contributed by atoms with Crippen LogP contribution in [0.25, 0.3) is 0 Å². The van der Waals surface area contributed by atoms with Crippen LogP contribution >= 0.6 is 0 Å². The van der Waals surface area contributed by atoms with E-state index in [1.807, 2.05) is 20.2 Å². The van der Waals surface area contributed by atoms with Crippen molar-refractivity contribution in [3.8, 4) is 0 Å². The number of carboxylic acids is 1. The molecular weight excluding hydrogens is 218 g/mol. The Kier molecular flexibility index (Phi) is 2.82. The van der Waals surface area contributed by atoms with Crippen molar-refractivity contribution in [1.82, 2.24) is 9.78 Å². The second-order valence-corrected chi connectivity index (χ2v) is 3.86. The van der Waals surface area contributed by atoms with Crippen molar-refractivity contribution in [2.75, 3.05) is 5.32 Å². The number of aryl methyl sites for hydroxylation is 2. The van der Waals surface area contributed by atoms with Gasteiger partial charge >= 0.3 is 5.97 Å². The molecule has 2 rings (SSSR count). The lowest BCUT2D eigenvalue weighted by Crippen LogP contribution is -1.99. The molecule has 2 aromatic rings. The third-order valence-electron chi connectivity index (χ3n) is 2.46. The van der Waals surface area contributed by atoms with E-state index >= 15 is 0 Å². The predicted octanol–water partition coefficient (Wildman–Crippen LogP) is 2.17. The summed E-state index contributed by atoms with van der Waals surface area (Å²) < 4.78 is 1.70. The fourth-order valence-electron chi connectivity index (χ4n) is 1.58. The summed E-state index contributed by atoms with van der Waals surface area (Å²) in [6, 6.07) is 4.97. The lowest BCUT2D eigenvalue weighted by atomic mass is 10.1. The van der Waals surface area contributed by atoms with Crippen LogP contribution < -0.4 is 5.32 Å². The van der Waals surface area contributed by atoms with Crippen molar-refractivity contribution in [1.29, 1.82) is 0 Å². The third kappa shape index (κ3) is 2.44. The molecule has 0 aliphatic heterocycles. The van der Waals surface area contributed by atoms with Crippen LogP contribution in [0.15, 0.2) is 30.6 Å². The van der Waals surface area contributed by atoms with Crippen LogP contribution in [0.2, 0.25) is 0 Å². The number of hydrogen-bond acceptors (Lipinski definition) is 3. The Morgan fingerprint density at radius 3 is 2.76 bits per heavy atom. The van der Waals surface area contributed by atoms with Crippen molar-refractivity contribution in [3.05, 3.63) is 41.7 Å². The Morgan fingerprint density at radius 2 is 2.24 bits per heavy atom. The zero-order chi connectivity index (χ0) is 12.4. The van der Waals surface area contributed by atoms with E-state index < -0.39 is 5.97 Å². The zero-order valence-electron chi connectivity index (χ0n) is 9.64. The fourth-order valence-corrected chi connectivity index (χ4v) is 1.58. The maximum atomic E-state index is 10.8. The van der Waals surface area contributed by atoms with Crippen molar-refractivity contribution >= 4 is 17.3 Å². The second kappa shape index (κ2) is 4.29. The molecule has 1 heterocycles. The summed E-state index contributed by atoms with van der Waals surface area (Å²) in [4.78, 5) is 10.8. The molecule has 0 saturated carbocycles. The molecule has 2 N–H and O–H groups in total. The maximum Gasteiger partial charge on any atom is 0.335 e. The molecule has 0 amide bonds. The van der Waals surface area contributed by atoms with Crippen LogP contribution in [-0.2, 0) is 7.05 Å². The van der Waals surface area contributed by atoms with Crippen LogP contribution in [0.5, 0.6) is 0 Å². The molecule has 17 heavy (non-hydrogen) atoms. The molecule has 5 heteroatoms. The van der Waals surface area contributed by atoms with Gasteiger partial charge in [0, 0.05) is 18.9 Å². The van der Waals surface area contributed by atoms with E-state index in [1.54, 1.807) is 29.1 Å². The van der Waals surface area contributed by atoms with Gasteiger partial charge < -0.3 is 10.4 Å². The van der Waals surface area contributed by atoms with Gasteiger partial charge in [-0.3, -0.25) is 4.68 Å². The van der Waals surface area contributed by atoms with Gasteiger partial charge in [0.25, 0.3) is 0 Å². The summed E-state index contributed by atoms with van der Waals surface area (Å²) in [5, 5.41) is 16.1. The van der Waals surface area contributed by atoms with Gasteiger partial charge in [0.15, 0.2) is 0 Å². The van der Waals surface area contributed by atoms with Crippen LogP contribution in [-0.4, -0.2) is 20.9 Å². The summed E-state index contributed by atoms with van der Waals surface area (Å²) in [6.45, 7) is 1.87. The number of rotatable bonds is 3. The van der Waals surface area contributed by atoms with E-state index in [-0.39, 0.29) is 0 Å². The lowest BCUT2D eigenvalue weighted by molar-refractivity contribution is 0.0697. The first kappa shape index (κ1) is 11.2. The molecule has 0 fully saturated rings. The number of nitrogens with one attached hydrogen (secondary N) is 1. The van der Waals surface area contributed by atoms with E-state index in [0.29, 0.717) is 5.56 Å². The summed E-state index contributed by atoms with van der Waals surface area (Å²) in [7, 11) is 1.84. The number of benzene rings is 1. The van der Waals surface area contributed by atoms with Crippen LogP contribution in [0.1, 0.15) is 15.9 Å². The smallest absolute Gasteiger partial charge is 0.335 e. The predicted molar refractivity (Wildman–Crippen MR) is 64.6 cm³/mol. The lowest BCUT2D eigenvalue weighted by Gasteiger charge is -2.07. The number of aromatic carboxylic acids is 1. The van der Waals surface area contributed by atoms with Gasteiger partial charge in [-0.25, -0.2) is 4.79 Å². The third-order valence-corrected chi connectivity index (χ3v) is 2.46. The van der Waals surface area contributed by atoms with Crippen molar-refractivity contribution in [3.63, 3.8) is 0 Å². The molecular formula is C12H13N3O2. The van der Waals surface area contributed by atoms with Gasteiger partial charge in [0.1, 0.15) is 0 Å². The average Bonchev–Trinajstić information content (AvgIpc) is 2.67. The van der Waals surface area contributed by atoms with Gasteiger partial charge in [0.2, 0.25) is 0 Å².